The molecule has 2 heterocycles. The molecule has 148 valence electrons. The molecule has 4 atom stereocenters. The largest absolute Gasteiger partial charge is 0.391 e. The zero-order valence-electron chi connectivity index (χ0n) is 16.3. The van der Waals surface area contributed by atoms with E-state index in [0.29, 0.717) is 19.1 Å². The summed E-state index contributed by atoms with van der Waals surface area (Å²) in [7, 11) is 1.97. The maximum atomic E-state index is 13.0. The van der Waals surface area contributed by atoms with Crippen molar-refractivity contribution in [1.29, 1.82) is 0 Å². The summed E-state index contributed by atoms with van der Waals surface area (Å²) in [6.45, 7) is 2.68. The summed E-state index contributed by atoms with van der Waals surface area (Å²) < 4.78 is 6.09. The zero-order valence-corrected chi connectivity index (χ0v) is 16.3. The maximum Gasteiger partial charge on any atom is 0.227 e. The molecule has 5 nitrogen and oxygen atoms in total. The fourth-order valence-corrected chi connectivity index (χ4v) is 5.34. The number of nitrogens with zero attached hydrogens (tertiary/aromatic N) is 2. The topological polar surface area (TPSA) is 53.0 Å². The number of likely N-dealkylation sites (N-methyl/N-ethyl adjacent to an activating group) is 1. The second kappa shape index (κ2) is 7.90. The van der Waals surface area contributed by atoms with E-state index in [1.54, 1.807) is 0 Å². The molecule has 3 fully saturated rings. The minimum absolute atomic E-state index is 0.188. The molecule has 1 spiro atoms. The molecular formula is C22H32N2O3. The second-order valence-corrected chi connectivity index (χ2v) is 8.64. The summed E-state index contributed by atoms with van der Waals surface area (Å²) in [6.07, 6.45) is 6.15. The average Bonchev–Trinajstić information content (AvgIpc) is 3.32. The molecule has 5 heteroatoms. The van der Waals surface area contributed by atoms with E-state index < -0.39 is 0 Å². The number of carbonyl (C=O) groups excluding carboxylic acids is 1. The van der Waals surface area contributed by atoms with Crippen molar-refractivity contribution in [3.63, 3.8) is 0 Å². The highest BCUT2D eigenvalue weighted by Gasteiger charge is 2.49. The number of rotatable bonds is 4. The molecule has 0 radical (unpaired) electrons. The monoisotopic (exact) mass is 372 g/mol. The molecule has 27 heavy (non-hydrogen) atoms. The van der Waals surface area contributed by atoms with Gasteiger partial charge >= 0.3 is 0 Å². The Morgan fingerprint density at radius 3 is 2.67 bits per heavy atom. The van der Waals surface area contributed by atoms with Crippen molar-refractivity contribution in [1.82, 2.24) is 9.80 Å². The minimum atomic E-state index is -0.335. The highest BCUT2D eigenvalue weighted by molar-refractivity contribution is 5.79. The van der Waals surface area contributed by atoms with Crippen LogP contribution in [0.2, 0.25) is 0 Å². The molecule has 2 aliphatic heterocycles. The summed E-state index contributed by atoms with van der Waals surface area (Å²) in [5.41, 5.74) is 0.883. The van der Waals surface area contributed by atoms with E-state index in [9.17, 15) is 9.90 Å². The van der Waals surface area contributed by atoms with E-state index in [4.69, 9.17) is 4.74 Å². The Kier molecular flexibility index (Phi) is 5.53. The van der Waals surface area contributed by atoms with Gasteiger partial charge in [-0.05, 0) is 50.8 Å². The summed E-state index contributed by atoms with van der Waals surface area (Å²) in [5.74, 6) is 0.193. The quantitative estimate of drug-likeness (QED) is 0.881. The smallest absolute Gasteiger partial charge is 0.227 e. The van der Waals surface area contributed by atoms with Crippen molar-refractivity contribution in [2.24, 2.45) is 0 Å². The highest BCUT2D eigenvalue weighted by atomic mass is 16.5. The van der Waals surface area contributed by atoms with Crippen LogP contribution in [-0.2, 0) is 16.0 Å². The Labute approximate surface area is 162 Å². The Hall–Kier alpha value is -1.43. The molecule has 1 saturated carbocycles. The van der Waals surface area contributed by atoms with Gasteiger partial charge in [0.1, 0.15) is 0 Å². The molecule has 1 aromatic rings. The van der Waals surface area contributed by atoms with Gasteiger partial charge in [-0.25, -0.2) is 0 Å². The lowest BCUT2D eigenvalue weighted by Gasteiger charge is -2.48. The molecule has 4 rings (SSSR count). The second-order valence-electron chi connectivity index (χ2n) is 8.64. The number of benzene rings is 1. The lowest BCUT2D eigenvalue weighted by atomic mass is 9.76. The number of likely N-dealkylation sites (tertiary alicyclic amines) is 1. The van der Waals surface area contributed by atoms with Gasteiger partial charge in [0.15, 0.2) is 0 Å². The number of ether oxygens (including phenoxy) is 1. The van der Waals surface area contributed by atoms with E-state index in [2.05, 4.69) is 4.90 Å². The third-order valence-electron chi connectivity index (χ3n) is 6.81. The minimum Gasteiger partial charge on any atom is -0.391 e. The summed E-state index contributed by atoms with van der Waals surface area (Å²) in [4.78, 5) is 17.5. The van der Waals surface area contributed by atoms with Crippen LogP contribution < -0.4 is 0 Å². The number of amides is 1. The van der Waals surface area contributed by atoms with E-state index in [0.717, 1.165) is 44.3 Å². The lowest BCUT2D eigenvalue weighted by molar-refractivity contribution is -0.136. The van der Waals surface area contributed by atoms with Gasteiger partial charge in [-0.2, -0.15) is 0 Å². The van der Waals surface area contributed by atoms with Gasteiger partial charge < -0.3 is 14.7 Å². The first-order valence-electron chi connectivity index (χ1n) is 10.4. The molecule has 1 aromatic carbocycles. The van der Waals surface area contributed by atoms with Gasteiger partial charge in [0.25, 0.3) is 0 Å². The maximum absolute atomic E-state index is 13.0. The van der Waals surface area contributed by atoms with Gasteiger partial charge in [0.05, 0.1) is 24.7 Å². The molecule has 1 aliphatic carbocycles. The van der Waals surface area contributed by atoms with Gasteiger partial charge in [-0.3, -0.25) is 9.69 Å². The molecule has 1 unspecified atom stereocenters. The summed E-state index contributed by atoms with van der Waals surface area (Å²) in [6, 6.07) is 10.6. The molecule has 0 aromatic heterocycles. The number of aliphatic hydroxyl groups excluding tert-OH is 1. The van der Waals surface area contributed by atoms with E-state index in [-0.39, 0.29) is 23.7 Å². The average molecular weight is 373 g/mol. The Balaban J connectivity index is 1.48. The SMILES string of the molecule is CN(C(=O)Cc1ccccc1)[C@H]1CC[C@@]2(CC(O)CO2)C[C@@H]1N1CCCC1. The Morgan fingerprint density at radius 1 is 1.26 bits per heavy atom. The first kappa shape index (κ1) is 18.9. The summed E-state index contributed by atoms with van der Waals surface area (Å²) >= 11 is 0. The summed E-state index contributed by atoms with van der Waals surface area (Å²) in [5, 5.41) is 10.0. The molecule has 1 N–H and O–H groups in total. The molecule has 0 bridgehead atoms. The zero-order chi connectivity index (χ0) is 18.9. The van der Waals surface area contributed by atoms with Crippen molar-refractivity contribution < 1.29 is 14.6 Å². The van der Waals surface area contributed by atoms with Crippen molar-refractivity contribution in [2.45, 2.75) is 68.7 Å². The molecular weight excluding hydrogens is 340 g/mol. The van der Waals surface area contributed by atoms with E-state index >= 15 is 0 Å². The van der Waals surface area contributed by atoms with Gasteiger partial charge in [-0.15, -0.1) is 0 Å². The number of carbonyl (C=O) groups is 1. The normalized spacial score (nSPS) is 34.2. The van der Waals surface area contributed by atoms with Crippen LogP contribution in [0, 0.1) is 0 Å². The van der Waals surface area contributed by atoms with Crippen LogP contribution in [0.5, 0.6) is 0 Å². The van der Waals surface area contributed by atoms with Gasteiger partial charge in [-0.1, -0.05) is 30.3 Å². The van der Waals surface area contributed by atoms with E-state index in [1.165, 1.54) is 12.8 Å². The number of hydrogen-bond donors (Lipinski definition) is 1. The predicted octanol–water partition coefficient (Wildman–Crippen LogP) is 2.22. The van der Waals surface area contributed by atoms with Crippen molar-refractivity contribution in [2.75, 3.05) is 26.7 Å². The van der Waals surface area contributed by atoms with Crippen LogP contribution in [0.3, 0.4) is 0 Å². The van der Waals surface area contributed by atoms with Gasteiger partial charge in [0, 0.05) is 25.6 Å². The number of aliphatic hydroxyl groups is 1. The fourth-order valence-electron chi connectivity index (χ4n) is 5.34. The molecule has 2 saturated heterocycles. The third kappa shape index (κ3) is 4.05. The van der Waals surface area contributed by atoms with Crippen molar-refractivity contribution in [3.05, 3.63) is 35.9 Å². The van der Waals surface area contributed by atoms with E-state index in [1.807, 2.05) is 42.3 Å². The van der Waals surface area contributed by atoms with Crippen LogP contribution in [0.15, 0.2) is 30.3 Å². The fraction of sp³-hybridized carbons (Fsp3) is 0.682. The number of hydrogen-bond acceptors (Lipinski definition) is 4. The van der Waals surface area contributed by atoms with Gasteiger partial charge in [0.2, 0.25) is 5.91 Å². The van der Waals surface area contributed by atoms with Crippen molar-refractivity contribution >= 4 is 5.91 Å². The van der Waals surface area contributed by atoms with Crippen LogP contribution in [0.25, 0.3) is 0 Å². The lowest BCUT2D eigenvalue weighted by Crippen LogP contribution is -2.58. The van der Waals surface area contributed by atoms with Crippen LogP contribution >= 0.6 is 0 Å². The Morgan fingerprint density at radius 2 is 2.00 bits per heavy atom. The van der Waals surface area contributed by atoms with Crippen LogP contribution in [0.4, 0.5) is 0 Å². The first-order valence-corrected chi connectivity index (χ1v) is 10.4. The molecule has 3 aliphatic rings. The van der Waals surface area contributed by atoms with Crippen LogP contribution in [0.1, 0.15) is 44.1 Å². The predicted molar refractivity (Wildman–Crippen MR) is 104 cm³/mol. The van der Waals surface area contributed by atoms with Crippen LogP contribution in [-0.4, -0.2) is 71.3 Å². The molecule has 1 amide bonds. The van der Waals surface area contributed by atoms with Crippen molar-refractivity contribution in [3.8, 4) is 0 Å². The first-order chi connectivity index (χ1) is 13.1. The third-order valence-corrected chi connectivity index (χ3v) is 6.81. The highest BCUT2D eigenvalue weighted by Crippen LogP contribution is 2.43. The Bertz CT molecular complexity index is 646. The standard InChI is InChI=1S/C22H32N2O3/c1-23(21(26)13-17-7-3-2-4-8-17)19-9-10-22(14-18(25)16-27-22)15-20(19)24-11-5-6-12-24/h2-4,7-8,18-20,25H,5-6,9-16H2,1H3/t18?,19-,20-,22+/m0/s1.